The number of amides is 1. The Labute approximate surface area is 140 Å². The van der Waals surface area contributed by atoms with E-state index in [0.717, 1.165) is 31.0 Å². The normalized spacial score (nSPS) is 13.2. The van der Waals surface area contributed by atoms with Crippen molar-refractivity contribution < 1.29 is 14.6 Å². The molecule has 1 amide bonds. The number of thioether (sulfide) groups is 1. The second-order valence-electron chi connectivity index (χ2n) is 6.78. The average Bonchev–Trinajstić information content (AvgIpc) is 2.38. The summed E-state index contributed by atoms with van der Waals surface area (Å²) in [5.74, 6) is 2.93. The molecule has 132 valence electrons. The number of hydrogen-bond acceptors (Lipinski definition) is 5. The lowest BCUT2D eigenvalue weighted by molar-refractivity contribution is 0.0515. The molecule has 0 spiro atoms. The van der Waals surface area contributed by atoms with E-state index in [-0.39, 0.29) is 12.7 Å². The molecule has 0 aliphatic heterocycles. The molecule has 0 aliphatic carbocycles. The molecule has 3 N–H and O–H groups in total. The number of alkyl carbamates (subject to hydrolysis) is 1. The summed E-state index contributed by atoms with van der Waals surface area (Å²) >= 11 is 1.85. The Morgan fingerprint density at radius 1 is 1.23 bits per heavy atom. The second kappa shape index (κ2) is 12.0. The molecule has 0 bridgehead atoms. The highest BCUT2D eigenvalue weighted by Crippen LogP contribution is 2.10. The van der Waals surface area contributed by atoms with Crippen LogP contribution in [0.25, 0.3) is 0 Å². The van der Waals surface area contributed by atoms with E-state index >= 15 is 0 Å². The zero-order valence-electron chi connectivity index (χ0n) is 14.8. The molecule has 0 aromatic rings. The van der Waals surface area contributed by atoms with E-state index in [1.165, 1.54) is 0 Å². The third kappa shape index (κ3) is 13.2. The molecule has 5 nitrogen and oxygen atoms in total. The lowest BCUT2D eigenvalue weighted by Gasteiger charge is -2.24. The molecule has 0 aromatic carbocycles. The maximum atomic E-state index is 11.7. The van der Waals surface area contributed by atoms with Crippen molar-refractivity contribution >= 4 is 17.9 Å². The van der Waals surface area contributed by atoms with Gasteiger partial charge in [-0.2, -0.15) is 11.8 Å². The van der Waals surface area contributed by atoms with Gasteiger partial charge in [-0.1, -0.05) is 13.8 Å². The van der Waals surface area contributed by atoms with Crippen LogP contribution in [0.15, 0.2) is 0 Å². The van der Waals surface area contributed by atoms with Gasteiger partial charge in [-0.25, -0.2) is 4.79 Å². The molecule has 0 heterocycles. The predicted molar refractivity (Wildman–Crippen MR) is 94.5 cm³/mol. The predicted octanol–water partition coefficient (Wildman–Crippen LogP) is 2.49. The monoisotopic (exact) mass is 334 g/mol. The van der Waals surface area contributed by atoms with Crippen molar-refractivity contribution in [1.82, 2.24) is 10.6 Å². The Balaban J connectivity index is 3.85. The standard InChI is InChI=1S/C16H34N2O3S/c1-13(2)14(11-17-7-10-22-9-6-8-19)12-18-15(20)21-16(3,4)5/h13-14,17,19H,6-12H2,1-5H3,(H,18,20). The molecule has 0 aliphatic rings. The van der Waals surface area contributed by atoms with E-state index < -0.39 is 5.60 Å². The Kier molecular flexibility index (Phi) is 11.8. The van der Waals surface area contributed by atoms with Crippen LogP contribution in [0.1, 0.15) is 41.0 Å². The van der Waals surface area contributed by atoms with E-state index in [9.17, 15) is 4.79 Å². The summed E-state index contributed by atoms with van der Waals surface area (Å²) in [6.45, 7) is 12.6. The fraction of sp³-hybridized carbons (Fsp3) is 0.938. The Hall–Kier alpha value is -0.460. The van der Waals surface area contributed by atoms with Gasteiger partial charge in [0.15, 0.2) is 0 Å². The zero-order valence-corrected chi connectivity index (χ0v) is 15.6. The highest BCUT2D eigenvalue weighted by molar-refractivity contribution is 7.99. The molecule has 1 unspecified atom stereocenters. The Bertz CT molecular complexity index is 294. The van der Waals surface area contributed by atoms with E-state index in [1.54, 1.807) is 0 Å². The van der Waals surface area contributed by atoms with Crippen LogP contribution in [0.2, 0.25) is 0 Å². The van der Waals surface area contributed by atoms with Crippen LogP contribution in [-0.2, 0) is 4.74 Å². The molecule has 0 saturated heterocycles. The first kappa shape index (κ1) is 21.5. The van der Waals surface area contributed by atoms with Crippen molar-refractivity contribution in [3.8, 4) is 0 Å². The van der Waals surface area contributed by atoms with E-state index in [0.29, 0.717) is 18.4 Å². The summed E-state index contributed by atoms with van der Waals surface area (Å²) < 4.78 is 5.25. The lowest BCUT2D eigenvalue weighted by atomic mass is 9.96. The summed E-state index contributed by atoms with van der Waals surface area (Å²) in [4.78, 5) is 11.7. The van der Waals surface area contributed by atoms with Crippen molar-refractivity contribution in [1.29, 1.82) is 0 Å². The summed E-state index contributed by atoms with van der Waals surface area (Å²) in [5, 5.41) is 15.0. The van der Waals surface area contributed by atoms with Crippen LogP contribution in [0, 0.1) is 11.8 Å². The minimum atomic E-state index is -0.457. The maximum absolute atomic E-state index is 11.7. The van der Waals surface area contributed by atoms with Crippen LogP contribution in [0.3, 0.4) is 0 Å². The largest absolute Gasteiger partial charge is 0.444 e. The maximum Gasteiger partial charge on any atom is 0.407 e. The van der Waals surface area contributed by atoms with Crippen LogP contribution in [0.5, 0.6) is 0 Å². The molecule has 0 fully saturated rings. The van der Waals surface area contributed by atoms with Crippen molar-refractivity contribution in [3.05, 3.63) is 0 Å². The quantitative estimate of drug-likeness (QED) is 0.506. The van der Waals surface area contributed by atoms with Gasteiger partial charge >= 0.3 is 6.09 Å². The molecule has 0 aromatic heterocycles. The van der Waals surface area contributed by atoms with Crippen LogP contribution < -0.4 is 10.6 Å². The molecule has 0 radical (unpaired) electrons. The molecule has 0 rings (SSSR count). The number of ether oxygens (including phenoxy) is 1. The third-order valence-corrected chi connectivity index (χ3v) is 4.20. The van der Waals surface area contributed by atoms with Crippen molar-refractivity contribution in [2.24, 2.45) is 11.8 Å². The summed E-state index contributed by atoms with van der Waals surface area (Å²) in [6, 6.07) is 0. The molecular formula is C16H34N2O3S. The average molecular weight is 335 g/mol. The SMILES string of the molecule is CC(C)C(CNCCSCCCO)CNC(=O)OC(C)(C)C. The smallest absolute Gasteiger partial charge is 0.407 e. The van der Waals surface area contributed by atoms with Gasteiger partial charge in [0, 0.05) is 25.4 Å². The minimum absolute atomic E-state index is 0.270. The highest BCUT2D eigenvalue weighted by Gasteiger charge is 2.18. The van der Waals surface area contributed by atoms with Gasteiger partial charge in [0.1, 0.15) is 5.60 Å². The lowest BCUT2D eigenvalue weighted by Crippen LogP contribution is -2.40. The van der Waals surface area contributed by atoms with Gasteiger partial charge in [0.2, 0.25) is 0 Å². The van der Waals surface area contributed by atoms with Gasteiger partial charge in [-0.05, 0) is 51.3 Å². The number of rotatable bonds is 11. The zero-order chi connectivity index (χ0) is 17.0. The van der Waals surface area contributed by atoms with Crippen molar-refractivity contribution in [2.45, 2.75) is 46.6 Å². The van der Waals surface area contributed by atoms with Crippen LogP contribution in [-0.4, -0.2) is 54.5 Å². The third-order valence-electron chi connectivity index (χ3n) is 3.13. The first-order valence-electron chi connectivity index (χ1n) is 8.12. The number of hydrogen-bond donors (Lipinski definition) is 3. The van der Waals surface area contributed by atoms with Crippen LogP contribution in [0.4, 0.5) is 4.79 Å². The number of carbonyl (C=O) groups is 1. The van der Waals surface area contributed by atoms with Gasteiger partial charge in [0.25, 0.3) is 0 Å². The first-order valence-corrected chi connectivity index (χ1v) is 9.28. The summed E-state index contributed by atoms with van der Waals surface area (Å²) in [6.07, 6.45) is 0.511. The minimum Gasteiger partial charge on any atom is -0.444 e. The van der Waals surface area contributed by atoms with Gasteiger partial charge in [-0.15, -0.1) is 0 Å². The Morgan fingerprint density at radius 2 is 1.91 bits per heavy atom. The molecule has 6 heteroatoms. The van der Waals surface area contributed by atoms with Gasteiger partial charge < -0.3 is 20.5 Å². The number of aliphatic hydroxyl groups excluding tert-OH is 1. The first-order chi connectivity index (χ1) is 10.3. The van der Waals surface area contributed by atoms with Crippen LogP contribution >= 0.6 is 11.8 Å². The molecule has 0 saturated carbocycles. The summed E-state index contributed by atoms with van der Waals surface area (Å²) in [5.41, 5.74) is -0.457. The number of aliphatic hydroxyl groups is 1. The number of nitrogens with one attached hydrogen (secondary N) is 2. The number of carbonyl (C=O) groups excluding carboxylic acids is 1. The fourth-order valence-corrected chi connectivity index (χ4v) is 2.60. The van der Waals surface area contributed by atoms with Crippen molar-refractivity contribution in [3.63, 3.8) is 0 Å². The summed E-state index contributed by atoms with van der Waals surface area (Å²) in [7, 11) is 0. The van der Waals surface area contributed by atoms with Gasteiger partial charge in [-0.3, -0.25) is 0 Å². The molecule has 22 heavy (non-hydrogen) atoms. The Morgan fingerprint density at radius 3 is 2.45 bits per heavy atom. The second-order valence-corrected chi connectivity index (χ2v) is 8.01. The fourth-order valence-electron chi connectivity index (χ4n) is 1.77. The molecule has 1 atom stereocenters. The van der Waals surface area contributed by atoms with E-state index in [4.69, 9.17) is 9.84 Å². The van der Waals surface area contributed by atoms with E-state index in [2.05, 4.69) is 24.5 Å². The topological polar surface area (TPSA) is 70.6 Å². The van der Waals surface area contributed by atoms with Crippen molar-refractivity contribution in [2.75, 3.05) is 37.7 Å². The highest BCUT2D eigenvalue weighted by atomic mass is 32.2. The molecular weight excluding hydrogens is 300 g/mol. The van der Waals surface area contributed by atoms with Gasteiger partial charge in [0.05, 0.1) is 0 Å². The van der Waals surface area contributed by atoms with E-state index in [1.807, 2.05) is 32.5 Å².